The lowest BCUT2D eigenvalue weighted by atomic mass is 9.83. The van der Waals surface area contributed by atoms with Crippen LogP contribution in [0.1, 0.15) is 28.3 Å². The van der Waals surface area contributed by atoms with Crippen LogP contribution in [0.25, 0.3) is 0 Å². The zero-order chi connectivity index (χ0) is 17.6. The maximum Gasteiger partial charge on any atom is 0.161 e. The predicted octanol–water partition coefficient (Wildman–Crippen LogP) is 4.13. The van der Waals surface area contributed by atoms with Gasteiger partial charge in [0.05, 0.1) is 21.3 Å². The van der Waals surface area contributed by atoms with Crippen LogP contribution in [-0.2, 0) is 19.4 Å². The monoisotopic (exact) mass is 403 g/mol. The zero-order valence-electron chi connectivity index (χ0n) is 14.8. The molecule has 0 amide bonds. The fourth-order valence-corrected chi connectivity index (χ4v) is 4.67. The molecule has 1 unspecified atom stereocenters. The van der Waals surface area contributed by atoms with Crippen molar-refractivity contribution in [2.75, 3.05) is 27.9 Å². The molecule has 0 aliphatic carbocycles. The molecule has 0 aromatic heterocycles. The van der Waals surface area contributed by atoms with Gasteiger partial charge in [0.15, 0.2) is 11.5 Å². The first-order valence-electron chi connectivity index (χ1n) is 8.49. The van der Waals surface area contributed by atoms with Gasteiger partial charge in [0, 0.05) is 29.2 Å². The van der Waals surface area contributed by atoms with Gasteiger partial charge < -0.3 is 14.2 Å². The Morgan fingerprint density at radius 3 is 2.40 bits per heavy atom. The summed E-state index contributed by atoms with van der Waals surface area (Å²) in [6.07, 6.45) is 1.99. The van der Waals surface area contributed by atoms with E-state index in [2.05, 4.69) is 45.1 Å². The predicted molar refractivity (Wildman–Crippen MR) is 101 cm³/mol. The summed E-state index contributed by atoms with van der Waals surface area (Å²) >= 11 is 3.73. The first kappa shape index (κ1) is 16.7. The zero-order valence-corrected chi connectivity index (χ0v) is 16.4. The molecule has 4 rings (SSSR count). The van der Waals surface area contributed by atoms with Crippen molar-refractivity contribution >= 4 is 15.9 Å². The second-order valence-electron chi connectivity index (χ2n) is 6.55. The topological polar surface area (TPSA) is 30.9 Å². The Bertz CT molecular complexity index is 821. The van der Waals surface area contributed by atoms with Gasteiger partial charge in [0.25, 0.3) is 0 Å². The second kappa shape index (κ2) is 6.54. The average Bonchev–Trinajstić information content (AvgIpc) is 2.66. The molecule has 132 valence electrons. The molecule has 5 heteroatoms. The minimum absolute atomic E-state index is 0.361. The number of halogens is 1. The average molecular weight is 404 g/mol. The molecule has 0 radical (unpaired) electrons. The standard InChI is InChI=1S/C20H22BrNO3/c1-23-18-5-4-16(21)14-9-17-13-10-20(25-3)19(24-2)8-12(13)6-7-22(17)11-15(14)18/h4-5,8,10,17H,6-7,9,11H2,1-3H3. The third-order valence-electron chi connectivity index (χ3n) is 5.42. The van der Waals surface area contributed by atoms with E-state index in [9.17, 15) is 0 Å². The first-order valence-corrected chi connectivity index (χ1v) is 9.28. The molecule has 0 bridgehead atoms. The van der Waals surface area contributed by atoms with Crippen molar-refractivity contribution in [1.29, 1.82) is 0 Å². The van der Waals surface area contributed by atoms with E-state index >= 15 is 0 Å². The second-order valence-corrected chi connectivity index (χ2v) is 7.41. The minimum atomic E-state index is 0.361. The van der Waals surface area contributed by atoms with Crippen LogP contribution in [0.5, 0.6) is 17.2 Å². The van der Waals surface area contributed by atoms with Crippen molar-refractivity contribution in [3.05, 3.63) is 51.0 Å². The van der Waals surface area contributed by atoms with Gasteiger partial charge in [-0.05, 0) is 53.8 Å². The van der Waals surface area contributed by atoms with E-state index in [1.807, 2.05) is 0 Å². The summed E-state index contributed by atoms with van der Waals surface area (Å²) in [5.74, 6) is 2.60. The van der Waals surface area contributed by atoms with Crippen molar-refractivity contribution in [3.63, 3.8) is 0 Å². The molecule has 2 aliphatic rings. The quantitative estimate of drug-likeness (QED) is 0.770. The normalized spacial score (nSPS) is 18.8. The molecule has 2 aromatic rings. The number of methoxy groups -OCH3 is 3. The van der Waals surface area contributed by atoms with Gasteiger partial charge in [0.2, 0.25) is 0 Å². The molecule has 0 spiro atoms. The van der Waals surface area contributed by atoms with Crippen LogP contribution in [0.3, 0.4) is 0 Å². The molecule has 1 atom stereocenters. The van der Waals surface area contributed by atoms with Crippen LogP contribution in [0.15, 0.2) is 28.7 Å². The Balaban J connectivity index is 1.79. The van der Waals surface area contributed by atoms with Crippen molar-refractivity contribution in [2.24, 2.45) is 0 Å². The van der Waals surface area contributed by atoms with E-state index in [1.165, 1.54) is 22.3 Å². The van der Waals surface area contributed by atoms with Crippen molar-refractivity contribution in [2.45, 2.75) is 25.4 Å². The Hall–Kier alpha value is -1.72. The molecule has 0 saturated heterocycles. The molecular formula is C20H22BrNO3. The summed E-state index contributed by atoms with van der Waals surface area (Å²) in [6, 6.07) is 8.80. The van der Waals surface area contributed by atoms with Gasteiger partial charge in [0.1, 0.15) is 5.75 Å². The molecule has 0 fully saturated rings. The highest BCUT2D eigenvalue weighted by molar-refractivity contribution is 9.10. The van der Waals surface area contributed by atoms with E-state index in [0.29, 0.717) is 6.04 Å². The van der Waals surface area contributed by atoms with E-state index in [1.54, 1.807) is 21.3 Å². The van der Waals surface area contributed by atoms with E-state index in [0.717, 1.165) is 47.7 Å². The van der Waals surface area contributed by atoms with Gasteiger partial charge in [-0.25, -0.2) is 0 Å². The van der Waals surface area contributed by atoms with Crippen LogP contribution >= 0.6 is 15.9 Å². The summed E-state index contributed by atoms with van der Waals surface area (Å²) in [7, 11) is 5.14. The first-order chi connectivity index (χ1) is 12.2. The third kappa shape index (κ3) is 2.70. The molecule has 0 saturated carbocycles. The van der Waals surface area contributed by atoms with E-state index in [4.69, 9.17) is 14.2 Å². The number of hydrogen-bond acceptors (Lipinski definition) is 4. The van der Waals surface area contributed by atoms with Gasteiger partial charge in [-0.2, -0.15) is 0 Å². The van der Waals surface area contributed by atoms with Crippen LogP contribution in [0, 0.1) is 0 Å². The third-order valence-corrected chi connectivity index (χ3v) is 6.17. The Kier molecular flexibility index (Phi) is 4.38. The number of rotatable bonds is 3. The van der Waals surface area contributed by atoms with Gasteiger partial charge >= 0.3 is 0 Å². The van der Waals surface area contributed by atoms with E-state index in [-0.39, 0.29) is 0 Å². The van der Waals surface area contributed by atoms with Crippen molar-refractivity contribution < 1.29 is 14.2 Å². The van der Waals surface area contributed by atoms with Crippen molar-refractivity contribution in [1.82, 2.24) is 4.90 Å². The van der Waals surface area contributed by atoms with Crippen LogP contribution in [0.4, 0.5) is 0 Å². The number of nitrogens with zero attached hydrogens (tertiary/aromatic N) is 1. The minimum Gasteiger partial charge on any atom is -0.496 e. The molecule has 2 heterocycles. The maximum absolute atomic E-state index is 5.60. The largest absolute Gasteiger partial charge is 0.496 e. The molecule has 25 heavy (non-hydrogen) atoms. The fourth-order valence-electron chi connectivity index (χ4n) is 4.13. The molecule has 2 aromatic carbocycles. The van der Waals surface area contributed by atoms with Crippen molar-refractivity contribution in [3.8, 4) is 17.2 Å². The Morgan fingerprint density at radius 2 is 1.68 bits per heavy atom. The molecule has 0 N–H and O–H groups in total. The summed E-state index contributed by atoms with van der Waals surface area (Å²) < 4.78 is 17.8. The van der Waals surface area contributed by atoms with Gasteiger partial charge in [-0.15, -0.1) is 0 Å². The lowest BCUT2D eigenvalue weighted by molar-refractivity contribution is 0.157. The SMILES string of the molecule is COc1cc2c(cc1OC)C1Cc3c(Br)ccc(OC)c3CN1CC2. The van der Waals surface area contributed by atoms with Gasteiger partial charge in [-0.3, -0.25) is 4.90 Å². The fraction of sp³-hybridized carbons (Fsp3) is 0.400. The van der Waals surface area contributed by atoms with E-state index < -0.39 is 0 Å². The Labute approximate surface area is 156 Å². The lowest BCUT2D eigenvalue weighted by Gasteiger charge is -2.42. The highest BCUT2D eigenvalue weighted by Crippen LogP contribution is 2.45. The summed E-state index contributed by atoms with van der Waals surface area (Å²) in [5.41, 5.74) is 5.37. The summed E-state index contributed by atoms with van der Waals surface area (Å²) in [6.45, 7) is 1.96. The number of ether oxygens (including phenoxy) is 3. The summed E-state index contributed by atoms with van der Waals surface area (Å²) in [4.78, 5) is 2.55. The molecular weight excluding hydrogens is 382 g/mol. The Morgan fingerprint density at radius 1 is 0.960 bits per heavy atom. The molecule has 4 nitrogen and oxygen atoms in total. The lowest BCUT2D eigenvalue weighted by Crippen LogP contribution is -2.39. The highest BCUT2D eigenvalue weighted by atomic mass is 79.9. The smallest absolute Gasteiger partial charge is 0.161 e. The number of benzene rings is 2. The van der Waals surface area contributed by atoms with Crippen LogP contribution < -0.4 is 14.2 Å². The van der Waals surface area contributed by atoms with Crippen LogP contribution in [0.2, 0.25) is 0 Å². The summed E-state index contributed by atoms with van der Waals surface area (Å²) in [5, 5.41) is 0. The van der Waals surface area contributed by atoms with Gasteiger partial charge in [-0.1, -0.05) is 15.9 Å². The molecule has 2 aliphatic heterocycles. The van der Waals surface area contributed by atoms with Crippen LogP contribution in [-0.4, -0.2) is 32.8 Å². The number of fused-ring (bicyclic) bond motifs is 4. The highest BCUT2D eigenvalue weighted by Gasteiger charge is 2.35. The number of hydrogen-bond donors (Lipinski definition) is 0. The maximum atomic E-state index is 5.60.